The lowest BCUT2D eigenvalue weighted by Crippen LogP contribution is -2.28. The second kappa shape index (κ2) is 8.16. The van der Waals surface area contributed by atoms with Gasteiger partial charge in [-0.2, -0.15) is 0 Å². The van der Waals surface area contributed by atoms with Gasteiger partial charge < -0.3 is 10.0 Å². The van der Waals surface area contributed by atoms with Crippen LogP contribution in [0.4, 0.5) is 5.69 Å². The van der Waals surface area contributed by atoms with E-state index in [1.165, 1.54) is 40.5 Å². The molecular formula is C23H18N2O5S. The molecule has 1 aromatic heterocycles. The molecule has 3 aromatic rings. The number of likely N-dealkylation sites (tertiary alicyclic amines) is 1. The number of carbonyl (C=O) groups is 2. The van der Waals surface area contributed by atoms with Crippen molar-refractivity contribution in [2.75, 3.05) is 0 Å². The number of aliphatic hydroxyl groups excluding tert-OH is 1. The fourth-order valence-corrected chi connectivity index (χ4v) is 4.40. The first-order chi connectivity index (χ1) is 14.9. The molecule has 7 nitrogen and oxygen atoms in total. The zero-order valence-corrected chi connectivity index (χ0v) is 17.3. The van der Waals surface area contributed by atoms with Gasteiger partial charge in [-0.3, -0.25) is 19.7 Å². The molecular weight excluding hydrogens is 416 g/mol. The topological polar surface area (TPSA) is 101 Å². The van der Waals surface area contributed by atoms with Crippen LogP contribution in [0.15, 0.2) is 71.6 Å². The average molecular weight is 434 g/mol. The molecule has 31 heavy (non-hydrogen) atoms. The van der Waals surface area contributed by atoms with Crippen molar-refractivity contribution in [2.24, 2.45) is 0 Å². The minimum Gasteiger partial charge on any atom is -0.507 e. The van der Waals surface area contributed by atoms with Gasteiger partial charge in [-0.1, -0.05) is 35.9 Å². The van der Waals surface area contributed by atoms with Crippen LogP contribution in [0.1, 0.15) is 27.6 Å². The predicted octanol–water partition coefficient (Wildman–Crippen LogP) is 4.59. The van der Waals surface area contributed by atoms with E-state index in [0.717, 1.165) is 10.4 Å². The number of aliphatic hydroxyl groups is 1. The largest absolute Gasteiger partial charge is 0.507 e. The Balaban J connectivity index is 1.85. The SMILES string of the molecule is Cc1cccc(C2/C(=C(/O)c3ccc([N+](=O)[O-])cc3)C(=O)C(=O)N2Cc2cccs2)c1. The lowest BCUT2D eigenvalue weighted by molar-refractivity contribution is -0.384. The zero-order chi connectivity index (χ0) is 22.1. The number of nitro benzene ring substituents is 1. The monoisotopic (exact) mass is 434 g/mol. The van der Waals surface area contributed by atoms with Crippen molar-refractivity contribution in [3.05, 3.63) is 103 Å². The Morgan fingerprint density at radius 1 is 1.13 bits per heavy atom. The number of nitro groups is 1. The van der Waals surface area contributed by atoms with Crippen LogP contribution >= 0.6 is 11.3 Å². The number of ketones is 1. The first-order valence-electron chi connectivity index (χ1n) is 9.49. The summed E-state index contributed by atoms with van der Waals surface area (Å²) >= 11 is 1.48. The number of hydrogen-bond acceptors (Lipinski definition) is 6. The number of aryl methyl sites for hydroxylation is 1. The maximum Gasteiger partial charge on any atom is 0.295 e. The van der Waals surface area contributed by atoms with E-state index in [0.29, 0.717) is 5.56 Å². The molecule has 0 bridgehead atoms. The molecule has 0 radical (unpaired) electrons. The van der Waals surface area contributed by atoms with Gasteiger partial charge in [-0.25, -0.2) is 0 Å². The molecule has 4 rings (SSSR count). The first kappa shape index (κ1) is 20.5. The van der Waals surface area contributed by atoms with Crippen LogP contribution in [0.25, 0.3) is 5.76 Å². The molecule has 0 spiro atoms. The van der Waals surface area contributed by atoms with Gasteiger partial charge in [0.05, 0.1) is 23.1 Å². The van der Waals surface area contributed by atoms with Gasteiger partial charge in [-0.05, 0) is 36.1 Å². The number of thiophene rings is 1. The Labute approximate surface area is 182 Å². The predicted molar refractivity (Wildman–Crippen MR) is 116 cm³/mol. The van der Waals surface area contributed by atoms with Gasteiger partial charge in [-0.15, -0.1) is 11.3 Å². The fourth-order valence-electron chi connectivity index (χ4n) is 3.70. The second-order valence-electron chi connectivity index (χ2n) is 7.22. The van der Waals surface area contributed by atoms with Gasteiger partial charge >= 0.3 is 0 Å². The highest BCUT2D eigenvalue weighted by molar-refractivity contribution is 7.09. The molecule has 156 valence electrons. The third-order valence-corrected chi connectivity index (χ3v) is 6.02. The number of hydrogen-bond donors (Lipinski definition) is 1. The molecule has 0 saturated carbocycles. The minimum absolute atomic E-state index is 0.0268. The quantitative estimate of drug-likeness (QED) is 0.208. The summed E-state index contributed by atoms with van der Waals surface area (Å²) in [6.07, 6.45) is 0. The van der Waals surface area contributed by atoms with Crippen LogP contribution in [0.5, 0.6) is 0 Å². The van der Waals surface area contributed by atoms with Crippen molar-refractivity contribution in [2.45, 2.75) is 19.5 Å². The van der Waals surface area contributed by atoms with Crippen molar-refractivity contribution < 1.29 is 19.6 Å². The van der Waals surface area contributed by atoms with Crippen molar-refractivity contribution in [3.8, 4) is 0 Å². The first-order valence-corrected chi connectivity index (χ1v) is 10.4. The third-order valence-electron chi connectivity index (χ3n) is 5.16. The number of non-ortho nitro benzene ring substituents is 1. The van der Waals surface area contributed by atoms with Crippen LogP contribution in [0.3, 0.4) is 0 Å². The molecule has 1 aliphatic rings. The molecule has 8 heteroatoms. The number of nitrogens with zero attached hydrogens (tertiary/aromatic N) is 2. The van der Waals surface area contributed by atoms with E-state index in [2.05, 4.69) is 0 Å². The molecule has 1 atom stereocenters. The molecule has 2 heterocycles. The Morgan fingerprint density at radius 3 is 2.48 bits per heavy atom. The summed E-state index contributed by atoms with van der Waals surface area (Å²) in [6, 6.07) is 15.7. The number of rotatable bonds is 5. The standard InChI is InChI=1S/C23H18N2O5S/c1-14-4-2-5-16(12-14)20-19(21(26)15-7-9-17(10-8-15)25(29)30)22(27)23(28)24(20)13-18-6-3-11-31-18/h2-12,20,26H,13H2,1H3/b21-19-. The number of amides is 1. The number of carbonyl (C=O) groups excluding carboxylic acids is 2. The Bertz CT molecular complexity index is 1200. The van der Waals surface area contributed by atoms with E-state index in [4.69, 9.17) is 0 Å². The van der Waals surface area contributed by atoms with Crippen LogP contribution in [0, 0.1) is 17.0 Å². The molecule has 1 fully saturated rings. The maximum atomic E-state index is 13.0. The Hall–Kier alpha value is -3.78. The van der Waals surface area contributed by atoms with E-state index in [1.807, 2.05) is 48.7 Å². The Kier molecular flexibility index (Phi) is 5.39. The fraction of sp³-hybridized carbons (Fsp3) is 0.130. The molecule has 1 saturated heterocycles. The van der Waals surface area contributed by atoms with Gasteiger partial charge in [0.25, 0.3) is 17.4 Å². The van der Waals surface area contributed by atoms with E-state index < -0.39 is 22.7 Å². The minimum atomic E-state index is -0.779. The third kappa shape index (κ3) is 3.85. The van der Waals surface area contributed by atoms with E-state index in [1.54, 1.807) is 0 Å². The second-order valence-corrected chi connectivity index (χ2v) is 8.26. The van der Waals surface area contributed by atoms with Gasteiger partial charge in [0, 0.05) is 22.6 Å². The molecule has 1 N–H and O–H groups in total. The maximum absolute atomic E-state index is 13.0. The van der Waals surface area contributed by atoms with E-state index in [9.17, 15) is 24.8 Å². The van der Waals surface area contributed by atoms with Gasteiger partial charge in [0.2, 0.25) is 0 Å². The van der Waals surface area contributed by atoms with Gasteiger partial charge in [0.15, 0.2) is 0 Å². The van der Waals surface area contributed by atoms with Crippen LogP contribution in [0.2, 0.25) is 0 Å². The highest BCUT2D eigenvalue weighted by Gasteiger charge is 2.46. The zero-order valence-electron chi connectivity index (χ0n) is 16.5. The Morgan fingerprint density at radius 2 is 1.87 bits per heavy atom. The smallest absolute Gasteiger partial charge is 0.295 e. The van der Waals surface area contributed by atoms with Crippen LogP contribution in [-0.4, -0.2) is 26.6 Å². The van der Waals surface area contributed by atoms with Crippen LogP contribution in [-0.2, 0) is 16.1 Å². The van der Waals surface area contributed by atoms with Crippen molar-refractivity contribution in [3.63, 3.8) is 0 Å². The lowest BCUT2D eigenvalue weighted by atomic mass is 9.94. The van der Waals surface area contributed by atoms with Gasteiger partial charge in [0.1, 0.15) is 5.76 Å². The van der Waals surface area contributed by atoms with E-state index >= 15 is 0 Å². The molecule has 1 aliphatic heterocycles. The number of Topliss-reactive ketones (excluding diaryl/α,β-unsaturated/α-hetero) is 1. The van der Waals surface area contributed by atoms with Crippen LogP contribution < -0.4 is 0 Å². The highest BCUT2D eigenvalue weighted by atomic mass is 32.1. The highest BCUT2D eigenvalue weighted by Crippen LogP contribution is 2.40. The summed E-state index contributed by atoms with van der Waals surface area (Å²) in [5.74, 6) is -1.82. The molecule has 2 aromatic carbocycles. The summed E-state index contributed by atoms with van der Waals surface area (Å²) in [4.78, 5) is 38.7. The average Bonchev–Trinajstić information content (AvgIpc) is 3.36. The van der Waals surface area contributed by atoms with Crippen molar-refractivity contribution in [1.82, 2.24) is 4.90 Å². The number of benzene rings is 2. The van der Waals surface area contributed by atoms with Crippen molar-refractivity contribution >= 4 is 34.5 Å². The van der Waals surface area contributed by atoms with E-state index in [-0.39, 0.29) is 29.1 Å². The molecule has 1 amide bonds. The normalized spacial score (nSPS) is 17.8. The lowest BCUT2D eigenvalue weighted by Gasteiger charge is -2.25. The summed E-state index contributed by atoms with van der Waals surface area (Å²) < 4.78 is 0. The van der Waals surface area contributed by atoms with Crippen molar-refractivity contribution in [1.29, 1.82) is 0 Å². The summed E-state index contributed by atoms with van der Waals surface area (Å²) in [7, 11) is 0. The summed E-state index contributed by atoms with van der Waals surface area (Å²) in [5, 5.41) is 23.8. The molecule has 0 aliphatic carbocycles. The summed E-state index contributed by atoms with van der Waals surface area (Å²) in [6.45, 7) is 2.14. The summed E-state index contributed by atoms with van der Waals surface area (Å²) in [5.41, 5.74) is 1.73. The molecule has 1 unspecified atom stereocenters.